The normalized spacial score (nSPS) is 22.8. The Morgan fingerprint density at radius 1 is 1.33 bits per heavy atom. The molecule has 0 bridgehead atoms. The number of likely N-dealkylation sites (tertiary alicyclic amines) is 1. The van der Waals surface area contributed by atoms with Gasteiger partial charge in [-0.3, -0.25) is 14.7 Å². The van der Waals surface area contributed by atoms with Crippen LogP contribution in [0.2, 0.25) is 0 Å². The Morgan fingerprint density at radius 2 is 2.19 bits per heavy atom. The van der Waals surface area contributed by atoms with Crippen molar-refractivity contribution in [1.82, 2.24) is 14.9 Å². The average Bonchev–Trinajstić information content (AvgIpc) is 3.21. The van der Waals surface area contributed by atoms with Gasteiger partial charge in [0.15, 0.2) is 0 Å². The highest BCUT2D eigenvalue weighted by Gasteiger charge is 2.34. The van der Waals surface area contributed by atoms with Crippen molar-refractivity contribution in [1.29, 1.82) is 0 Å². The first-order valence-electron chi connectivity index (χ1n) is 7.49. The molecule has 21 heavy (non-hydrogen) atoms. The second kappa shape index (κ2) is 4.73. The van der Waals surface area contributed by atoms with Crippen molar-refractivity contribution in [3.63, 3.8) is 0 Å². The maximum absolute atomic E-state index is 12.1. The number of hydrogen-bond donors (Lipinski definition) is 3. The zero-order valence-electron chi connectivity index (χ0n) is 11.8. The van der Waals surface area contributed by atoms with Crippen LogP contribution in [0.5, 0.6) is 0 Å². The molecular formula is C15H19N5O. The molecule has 1 aromatic carbocycles. The monoisotopic (exact) mass is 285 g/mol. The lowest BCUT2D eigenvalue weighted by Crippen LogP contribution is -2.29. The molecule has 2 aromatic rings. The molecule has 4 rings (SSSR count). The number of H-pyrrole nitrogens is 1. The lowest BCUT2D eigenvalue weighted by molar-refractivity contribution is 0.326. The largest absolute Gasteiger partial charge is 0.399 e. The van der Waals surface area contributed by atoms with Gasteiger partial charge in [-0.05, 0) is 37.5 Å². The molecule has 6 heteroatoms. The molecule has 1 aromatic heterocycles. The summed E-state index contributed by atoms with van der Waals surface area (Å²) >= 11 is 0. The number of rotatable bonds is 3. The summed E-state index contributed by atoms with van der Waals surface area (Å²) in [5, 5.41) is 3.90. The number of benzene rings is 1. The third kappa shape index (κ3) is 2.47. The molecule has 0 radical (unpaired) electrons. The Bertz CT molecular complexity index is 736. The highest BCUT2D eigenvalue weighted by Crippen LogP contribution is 2.30. The van der Waals surface area contributed by atoms with E-state index in [2.05, 4.69) is 20.2 Å². The van der Waals surface area contributed by atoms with E-state index >= 15 is 0 Å². The van der Waals surface area contributed by atoms with Crippen molar-refractivity contribution in [2.24, 2.45) is 0 Å². The van der Waals surface area contributed by atoms with E-state index in [1.54, 1.807) is 18.2 Å². The van der Waals surface area contributed by atoms with Gasteiger partial charge in [-0.2, -0.15) is 0 Å². The maximum Gasteiger partial charge on any atom is 0.260 e. The summed E-state index contributed by atoms with van der Waals surface area (Å²) in [6.07, 6.45) is 3.76. The molecule has 2 fully saturated rings. The van der Waals surface area contributed by atoms with Gasteiger partial charge in [-0.15, -0.1) is 0 Å². The Balaban J connectivity index is 1.56. The summed E-state index contributed by atoms with van der Waals surface area (Å²) in [7, 11) is 0. The van der Waals surface area contributed by atoms with E-state index in [0.717, 1.165) is 25.6 Å². The molecule has 0 amide bonds. The van der Waals surface area contributed by atoms with Crippen molar-refractivity contribution in [3.05, 3.63) is 28.6 Å². The second-order valence-electron chi connectivity index (χ2n) is 6.05. The van der Waals surface area contributed by atoms with Crippen LogP contribution in [0.4, 0.5) is 11.6 Å². The first kappa shape index (κ1) is 12.6. The topological polar surface area (TPSA) is 87.0 Å². The number of nitrogens with zero attached hydrogens (tertiary/aromatic N) is 2. The minimum atomic E-state index is -0.146. The van der Waals surface area contributed by atoms with Crippen molar-refractivity contribution in [2.45, 2.75) is 31.3 Å². The van der Waals surface area contributed by atoms with E-state index in [1.165, 1.54) is 12.8 Å². The van der Waals surface area contributed by atoms with Crippen molar-refractivity contribution in [3.8, 4) is 0 Å². The van der Waals surface area contributed by atoms with Crippen LogP contribution in [0, 0.1) is 0 Å². The summed E-state index contributed by atoms with van der Waals surface area (Å²) in [5.74, 6) is 0.555. The standard InChI is InChI=1S/C15H19N5O/c16-9-1-4-13-12(7-9)14(21)19-15(18-13)17-10-5-6-20(8-10)11-2-3-11/h1,4,7,10-11H,2-3,5-6,8,16H2,(H2,17,18,19,21). The van der Waals surface area contributed by atoms with Gasteiger partial charge >= 0.3 is 0 Å². The molecule has 1 unspecified atom stereocenters. The maximum atomic E-state index is 12.1. The van der Waals surface area contributed by atoms with Crippen LogP contribution < -0.4 is 16.6 Å². The van der Waals surface area contributed by atoms with Crippen molar-refractivity contribution >= 4 is 22.5 Å². The van der Waals surface area contributed by atoms with E-state index in [9.17, 15) is 4.79 Å². The number of nitrogens with one attached hydrogen (secondary N) is 2. The van der Waals surface area contributed by atoms with E-state index in [1.807, 2.05) is 0 Å². The lowest BCUT2D eigenvalue weighted by atomic mass is 10.2. The Labute approximate surface area is 122 Å². The SMILES string of the molecule is Nc1ccc2nc(NC3CCN(C4CC4)C3)[nH]c(=O)c2c1. The first-order valence-corrected chi connectivity index (χ1v) is 7.49. The highest BCUT2D eigenvalue weighted by atomic mass is 16.1. The molecule has 6 nitrogen and oxygen atoms in total. The van der Waals surface area contributed by atoms with Gasteiger partial charge in [0.25, 0.3) is 5.56 Å². The van der Waals surface area contributed by atoms with Crippen molar-refractivity contribution in [2.75, 3.05) is 24.1 Å². The molecule has 0 spiro atoms. The van der Waals surface area contributed by atoms with Gasteiger partial charge in [0.2, 0.25) is 5.95 Å². The fraction of sp³-hybridized carbons (Fsp3) is 0.467. The number of aromatic amines is 1. The van der Waals surface area contributed by atoms with Gasteiger partial charge < -0.3 is 11.1 Å². The fourth-order valence-electron chi connectivity index (χ4n) is 3.09. The van der Waals surface area contributed by atoms with E-state index < -0.39 is 0 Å². The van der Waals surface area contributed by atoms with Crippen LogP contribution in [0.3, 0.4) is 0 Å². The summed E-state index contributed by atoms with van der Waals surface area (Å²) in [5.41, 5.74) is 6.81. The van der Waals surface area contributed by atoms with Crippen LogP contribution >= 0.6 is 0 Å². The number of aromatic nitrogens is 2. The van der Waals surface area contributed by atoms with Gasteiger partial charge in [0, 0.05) is 30.9 Å². The summed E-state index contributed by atoms with van der Waals surface area (Å²) in [6, 6.07) is 6.37. The molecule has 2 heterocycles. The zero-order chi connectivity index (χ0) is 14.4. The van der Waals surface area contributed by atoms with Crippen LogP contribution in [-0.4, -0.2) is 40.0 Å². The molecule has 1 aliphatic carbocycles. The predicted octanol–water partition coefficient (Wildman–Crippen LogP) is 1.15. The Hall–Kier alpha value is -2.08. The molecule has 1 atom stereocenters. The molecular weight excluding hydrogens is 266 g/mol. The highest BCUT2D eigenvalue weighted by molar-refractivity contribution is 5.81. The van der Waals surface area contributed by atoms with E-state index in [0.29, 0.717) is 28.6 Å². The first-order chi connectivity index (χ1) is 10.2. The molecule has 1 saturated carbocycles. The lowest BCUT2D eigenvalue weighted by Gasteiger charge is -2.16. The molecule has 1 saturated heterocycles. The smallest absolute Gasteiger partial charge is 0.260 e. The Morgan fingerprint density at radius 3 is 3.00 bits per heavy atom. The summed E-state index contributed by atoms with van der Waals surface area (Å²) in [6.45, 7) is 2.17. The third-order valence-electron chi connectivity index (χ3n) is 4.35. The molecule has 1 aliphatic heterocycles. The minimum absolute atomic E-state index is 0.146. The van der Waals surface area contributed by atoms with Gasteiger partial charge in [-0.25, -0.2) is 4.98 Å². The van der Waals surface area contributed by atoms with Crippen LogP contribution in [0.25, 0.3) is 10.9 Å². The predicted molar refractivity (Wildman–Crippen MR) is 83.4 cm³/mol. The van der Waals surface area contributed by atoms with Gasteiger partial charge in [-0.1, -0.05) is 0 Å². The molecule has 4 N–H and O–H groups in total. The summed E-state index contributed by atoms with van der Waals surface area (Å²) < 4.78 is 0. The number of fused-ring (bicyclic) bond motifs is 1. The van der Waals surface area contributed by atoms with E-state index in [4.69, 9.17) is 5.73 Å². The van der Waals surface area contributed by atoms with Gasteiger partial charge in [0.05, 0.1) is 10.9 Å². The van der Waals surface area contributed by atoms with E-state index in [-0.39, 0.29) is 5.56 Å². The summed E-state index contributed by atoms with van der Waals surface area (Å²) in [4.78, 5) is 21.9. The number of anilines is 2. The number of nitrogens with two attached hydrogens (primary N) is 1. The number of nitrogen functional groups attached to an aromatic ring is 1. The zero-order valence-corrected chi connectivity index (χ0v) is 11.8. The molecule has 110 valence electrons. The van der Waals surface area contributed by atoms with Crippen molar-refractivity contribution < 1.29 is 0 Å². The quantitative estimate of drug-likeness (QED) is 0.737. The second-order valence-corrected chi connectivity index (χ2v) is 6.05. The van der Waals surface area contributed by atoms with Gasteiger partial charge in [0.1, 0.15) is 0 Å². The number of hydrogen-bond acceptors (Lipinski definition) is 5. The molecule has 2 aliphatic rings. The minimum Gasteiger partial charge on any atom is -0.399 e. The average molecular weight is 285 g/mol. The van der Waals surface area contributed by atoms with Crippen LogP contribution in [0.1, 0.15) is 19.3 Å². The fourth-order valence-corrected chi connectivity index (χ4v) is 3.09. The third-order valence-corrected chi connectivity index (χ3v) is 4.35. The van der Waals surface area contributed by atoms with Crippen LogP contribution in [0.15, 0.2) is 23.0 Å². The van der Waals surface area contributed by atoms with Crippen LogP contribution in [-0.2, 0) is 0 Å². The Kier molecular flexibility index (Phi) is 2.85.